The van der Waals surface area contributed by atoms with E-state index in [9.17, 15) is 21.6 Å². The molecule has 0 radical (unpaired) electrons. The maximum absolute atomic E-state index is 13.8. The Hall–Kier alpha value is -3.74. The van der Waals surface area contributed by atoms with Crippen LogP contribution in [0.25, 0.3) is 10.8 Å². The summed E-state index contributed by atoms with van der Waals surface area (Å²) in [6, 6.07) is 15.8. The minimum absolute atomic E-state index is 0.164. The van der Waals surface area contributed by atoms with Crippen molar-refractivity contribution >= 4 is 59.1 Å². The highest BCUT2D eigenvalue weighted by Crippen LogP contribution is 2.47. The molecule has 0 fully saturated rings. The van der Waals surface area contributed by atoms with Crippen LogP contribution >= 0.6 is 11.8 Å². The van der Waals surface area contributed by atoms with Crippen LogP contribution in [-0.4, -0.2) is 36.2 Å². The van der Waals surface area contributed by atoms with Crippen LogP contribution < -0.4 is 18.9 Å². The van der Waals surface area contributed by atoms with Gasteiger partial charge in [0.1, 0.15) is 16.4 Å². The molecule has 2 N–H and O–H groups in total. The smallest absolute Gasteiger partial charge is 0.263 e. The second kappa shape index (κ2) is 9.78. The van der Waals surface area contributed by atoms with E-state index in [2.05, 4.69) is 9.44 Å². The fraction of sp³-hybridized carbons (Fsp3) is 0.148. The lowest BCUT2D eigenvalue weighted by molar-refractivity contribution is 0.109. The first-order chi connectivity index (χ1) is 18.4. The lowest BCUT2D eigenvalue weighted by Gasteiger charge is -2.17. The fourth-order valence-corrected chi connectivity index (χ4v) is 8.38. The average Bonchev–Trinajstić information content (AvgIpc) is 3.21. The third-order valence-electron chi connectivity index (χ3n) is 6.24. The van der Waals surface area contributed by atoms with Gasteiger partial charge in [-0.05, 0) is 73.1 Å². The molecule has 0 saturated heterocycles. The molecule has 0 atom stereocenters. The van der Waals surface area contributed by atoms with E-state index in [0.29, 0.717) is 5.75 Å². The van der Waals surface area contributed by atoms with Gasteiger partial charge in [0.05, 0.1) is 30.5 Å². The molecule has 0 amide bonds. The highest BCUT2D eigenvalue weighted by atomic mass is 32.2. The lowest BCUT2D eigenvalue weighted by Crippen LogP contribution is -2.18. The summed E-state index contributed by atoms with van der Waals surface area (Å²) in [7, 11) is -5.91. The molecule has 0 saturated carbocycles. The topological polar surface area (TPSA) is 128 Å². The van der Waals surface area contributed by atoms with Gasteiger partial charge in [-0.15, -0.1) is 0 Å². The Labute approximate surface area is 230 Å². The molecule has 0 aromatic heterocycles. The van der Waals surface area contributed by atoms with E-state index in [0.717, 1.165) is 29.0 Å². The number of aryl methyl sites for hydroxylation is 2. The molecule has 0 aliphatic carbocycles. The van der Waals surface area contributed by atoms with E-state index >= 15 is 0 Å². The van der Waals surface area contributed by atoms with Crippen molar-refractivity contribution in [3.05, 3.63) is 77.4 Å². The first-order valence-electron chi connectivity index (χ1n) is 11.6. The fourth-order valence-electron chi connectivity index (χ4n) is 4.43. The third-order valence-corrected chi connectivity index (χ3v) is 10.2. The summed E-state index contributed by atoms with van der Waals surface area (Å²) < 4.78 is 70.9. The number of methoxy groups -OCH3 is 2. The van der Waals surface area contributed by atoms with Gasteiger partial charge >= 0.3 is 0 Å². The normalized spacial score (nSPS) is 13.0. The number of carbonyl (C=O) groups excluding carboxylic acids is 1. The zero-order valence-electron chi connectivity index (χ0n) is 21.4. The van der Waals surface area contributed by atoms with Crippen molar-refractivity contribution in [3.8, 4) is 11.5 Å². The first-order valence-corrected chi connectivity index (χ1v) is 15.4. The Bertz CT molecular complexity index is 1890. The molecule has 1 aliphatic heterocycles. The molecule has 0 bridgehead atoms. The Balaban J connectivity index is 1.73. The maximum atomic E-state index is 13.8. The van der Waals surface area contributed by atoms with Gasteiger partial charge in [0.25, 0.3) is 20.0 Å². The molecule has 9 nitrogen and oxygen atoms in total. The number of thioether (sulfide) groups is 1. The number of rotatable bonds is 8. The minimum Gasteiger partial charge on any atom is -0.495 e. The van der Waals surface area contributed by atoms with Crippen molar-refractivity contribution in [1.82, 2.24) is 0 Å². The van der Waals surface area contributed by atoms with Crippen LogP contribution in [0, 0.1) is 13.8 Å². The molecule has 4 aromatic rings. The molecule has 12 heteroatoms. The number of hydrogen-bond acceptors (Lipinski definition) is 8. The van der Waals surface area contributed by atoms with Crippen LogP contribution in [0.1, 0.15) is 21.5 Å². The van der Waals surface area contributed by atoms with Crippen LogP contribution in [0.4, 0.5) is 11.4 Å². The summed E-state index contributed by atoms with van der Waals surface area (Å²) >= 11 is 0.754. The summed E-state index contributed by atoms with van der Waals surface area (Å²) in [4.78, 5) is 12.4. The highest BCUT2D eigenvalue weighted by Gasteiger charge is 2.35. The average molecular weight is 585 g/mol. The molecule has 1 heterocycles. The monoisotopic (exact) mass is 584 g/mol. The first kappa shape index (κ1) is 26.9. The van der Waals surface area contributed by atoms with Crippen LogP contribution in [0.2, 0.25) is 0 Å². The van der Waals surface area contributed by atoms with E-state index in [4.69, 9.17) is 9.47 Å². The predicted octanol–water partition coefficient (Wildman–Crippen LogP) is 5.32. The van der Waals surface area contributed by atoms with Crippen molar-refractivity contribution in [3.63, 3.8) is 0 Å². The largest absolute Gasteiger partial charge is 0.495 e. The van der Waals surface area contributed by atoms with E-state index in [1.807, 2.05) is 0 Å². The van der Waals surface area contributed by atoms with Gasteiger partial charge in [-0.1, -0.05) is 24.3 Å². The SMILES string of the molecule is COc1ccc(C)cc1NS(=O)(=O)c1cc(S(=O)(=O)Nc2cc(C)ccc2OC)c2cccc3c2c1SC3=O. The molecule has 1 aliphatic rings. The van der Waals surface area contributed by atoms with Crippen LogP contribution in [-0.2, 0) is 20.0 Å². The molecule has 0 unspecified atom stereocenters. The Morgan fingerprint density at radius 1 is 0.718 bits per heavy atom. The quantitative estimate of drug-likeness (QED) is 0.285. The summed E-state index contributed by atoms with van der Waals surface area (Å²) in [6.07, 6.45) is 0. The van der Waals surface area contributed by atoms with Gasteiger partial charge in [0, 0.05) is 21.2 Å². The maximum Gasteiger partial charge on any atom is 0.263 e. The number of sulfonamides is 2. The second-order valence-electron chi connectivity index (χ2n) is 8.94. The number of anilines is 2. The van der Waals surface area contributed by atoms with Crippen molar-refractivity contribution in [2.24, 2.45) is 0 Å². The molecule has 39 heavy (non-hydrogen) atoms. The van der Waals surface area contributed by atoms with Crippen molar-refractivity contribution < 1.29 is 31.1 Å². The van der Waals surface area contributed by atoms with Gasteiger partial charge in [-0.3, -0.25) is 14.2 Å². The Kier molecular flexibility index (Phi) is 6.73. The van der Waals surface area contributed by atoms with E-state index in [1.165, 1.54) is 14.2 Å². The van der Waals surface area contributed by atoms with Crippen LogP contribution in [0.5, 0.6) is 11.5 Å². The number of benzene rings is 4. The second-order valence-corrected chi connectivity index (χ2v) is 13.2. The minimum atomic E-state index is -4.38. The van der Waals surface area contributed by atoms with Crippen LogP contribution in [0.3, 0.4) is 0 Å². The standard InChI is InChI=1S/C27H24N2O7S3/c1-15-8-10-21(35-3)19(12-15)28-38(31,32)23-14-24(26-25-17(23)6-5-7-18(25)27(30)37-26)39(33,34)29-20-13-16(2)9-11-22(20)36-4/h5-14,28-29H,1-4H3. The summed E-state index contributed by atoms with van der Waals surface area (Å²) in [6.45, 7) is 3.60. The number of carbonyl (C=O) groups is 1. The van der Waals surface area contributed by atoms with E-state index < -0.39 is 20.0 Å². The summed E-state index contributed by atoms with van der Waals surface area (Å²) in [5.74, 6) is 0.578. The number of hydrogen-bond donors (Lipinski definition) is 2. The molecular formula is C27H24N2O7S3. The lowest BCUT2D eigenvalue weighted by atomic mass is 10.1. The van der Waals surface area contributed by atoms with Crippen molar-refractivity contribution in [2.75, 3.05) is 23.7 Å². The molecular weight excluding hydrogens is 561 g/mol. The Morgan fingerprint density at radius 2 is 1.26 bits per heavy atom. The van der Waals surface area contributed by atoms with Gasteiger partial charge < -0.3 is 9.47 Å². The van der Waals surface area contributed by atoms with Gasteiger partial charge in [-0.2, -0.15) is 0 Å². The van der Waals surface area contributed by atoms with Crippen molar-refractivity contribution in [1.29, 1.82) is 0 Å². The van der Waals surface area contributed by atoms with Crippen molar-refractivity contribution in [2.45, 2.75) is 28.5 Å². The van der Waals surface area contributed by atoms with Gasteiger partial charge in [-0.25, -0.2) is 16.8 Å². The number of ether oxygens (including phenoxy) is 2. The zero-order valence-corrected chi connectivity index (χ0v) is 23.8. The number of nitrogens with one attached hydrogen (secondary N) is 2. The molecule has 0 spiro atoms. The predicted molar refractivity (Wildman–Crippen MR) is 151 cm³/mol. The van der Waals surface area contributed by atoms with E-state index in [-0.39, 0.29) is 53.3 Å². The summed E-state index contributed by atoms with van der Waals surface area (Å²) in [5, 5.41) is 0.123. The Morgan fingerprint density at radius 3 is 1.79 bits per heavy atom. The molecule has 5 rings (SSSR count). The highest BCUT2D eigenvalue weighted by molar-refractivity contribution is 8.15. The summed E-state index contributed by atoms with van der Waals surface area (Å²) in [5.41, 5.74) is 2.18. The molecule has 4 aromatic carbocycles. The molecule has 202 valence electrons. The van der Waals surface area contributed by atoms with E-state index in [1.54, 1.807) is 68.4 Å². The third kappa shape index (κ3) is 4.79. The zero-order chi connectivity index (χ0) is 28.1. The van der Waals surface area contributed by atoms with Crippen LogP contribution in [0.15, 0.2) is 75.4 Å². The van der Waals surface area contributed by atoms with Gasteiger partial charge in [0.2, 0.25) is 5.12 Å². The van der Waals surface area contributed by atoms with Gasteiger partial charge in [0.15, 0.2) is 0 Å².